The predicted molar refractivity (Wildman–Crippen MR) is 116 cm³/mol. The van der Waals surface area contributed by atoms with E-state index < -0.39 is 11.9 Å². The van der Waals surface area contributed by atoms with Crippen LogP contribution in [-0.2, 0) is 9.53 Å². The Morgan fingerprint density at radius 3 is 2.47 bits per heavy atom. The summed E-state index contributed by atoms with van der Waals surface area (Å²) < 4.78 is 10.6. The molecule has 9 heteroatoms. The number of halogens is 1. The molecule has 0 spiro atoms. The Balaban J connectivity index is 1.78. The van der Waals surface area contributed by atoms with Gasteiger partial charge in [0.15, 0.2) is 6.61 Å². The van der Waals surface area contributed by atoms with Crippen LogP contribution in [-0.4, -0.2) is 49.0 Å². The van der Waals surface area contributed by atoms with E-state index >= 15 is 0 Å². The highest BCUT2D eigenvalue weighted by molar-refractivity contribution is 7.18. The van der Waals surface area contributed by atoms with E-state index in [0.29, 0.717) is 39.3 Å². The van der Waals surface area contributed by atoms with E-state index in [1.165, 1.54) is 0 Å². The Morgan fingerprint density at radius 2 is 1.83 bits per heavy atom. The van der Waals surface area contributed by atoms with Crippen molar-refractivity contribution in [2.75, 3.05) is 31.6 Å². The molecule has 7 nitrogen and oxygen atoms in total. The Morgan fingerprint density at radius 1 is 1.17 bits per heavy atom. The normalized spacial score (nSPS) is 13.2. The second-order valence-electron chi connectivity index (χ2n) is 6.77. The summed E-state index contributed by atoms with van der Waals surface area (Å²) in [5.74, 6) is -0.650. The molecule has 1 aliphatic rings. The molecule has 2 aromatic rings. The lowest BCUT2D eigenvalue weighted by Gasteiger charge is -2.14. The Labute approximate surface area is 183 Å². The number of nitrogens with one attached hydrogen (secondary N) is 1. The average Bonchev–Trinajstić information content (AvgIpc) is 3.36. The number of hydrogen-bond acceptors (Lipinski definition) is 6. The summed E-state index contributed by atoms with van der Waals surface area (Å²) in [7, 11) is 0. The monoisotopic (exact) mass is 450 g/mol. The average molecular weight is 451 g/mol. The van der Waals surface area contributed by atoms with Crippen LogP contribution in [0.15, 0.2) is 24.3 Å². The molecule has 3 rings (SSSR count). The summed E-state index contributed by atoms with van der Waals surface area (Å²) in [5, 5.41) is 3.55. The fraction of sp³-hybridized carbons (Fsp3) is 0.381. The number of anilines is 1. The fourth-order valence-electron chi connectivity index (χ4n) is 3.16. The number of benzene rings is 1. The van der Waals surface area contributed by atoms with Crippen LogP contribution >= 0.6 is 22.9 Å². The van der Waals surface area contributed by atoms with Crippen molar-refractivity contribution in [3.05, 3.63) is 45.3 Å². The Kier molecular flexibility index (Phi) is 7.33. The minimum Gasteiger partial charge on any atom is -0.484 e. The van der Waals surface area contributed by atoms with E-state index in [-0.39, 0.29) is 24.7 Å². The third-order valence-electron chi connectivity index (χ3n) is 4.65. The van der Waals surface area contributed by atoms with Gasteiger partial charge < -0.3 is 19.7 Å². The summed E-state index contributed by atoms with van der Waals surface area (Å²) in [6.45, 7) is 4.73. The summed E-state index contributed by atoms with van der Waals surface area (Å²) in [6, 6.07) is 6.63. The van der Waals surface area contributed by atoms with E-state index in [0.717, 1.165) is 24.2 Å². The van der Waals surface area contributed by atoms with Crippen molar-refractivity contribution in [3.63, 3.8) is 0 Å². The number of likely N-dealkylation sites (tertiary alicyclic amines) is 1. The lowest BCUT2D eigenvalue weighted by molar-refractivity contribution is -0.118. The van der Waals surface area contributed by atoms with Crippen LogP contribution in [0.1, 0.15) is 45.4 Å². The molecule has 1 aromatic heterocycles. The minimum absolute atomic E-state index is 0.126. The van der Waals surface area contributed by atoms with Gasteiger partial charge in [-0.15, -0.1) is 11.3 Å². The topological polar surface area (TPSA) is 84.9 Å². The van der Waals surface area contributed by atoms with Crippen LogP contribution in [0.3, 0.4) is 0 Å². The van der Waals surface area contributed by atoms with Crippen molar-refractivity contribution in [3.8, 4) is 5.75 Å². The molecule has 0 saturated carbocycles. The molecule has 1 aromatic carbocycles. The zero-order valence-electron chi connectivity index (χ0n) is 16.8. The lowest BCUT2D eigenvalue weighted by atomic mass is 10.1. The van der Waals surface area contributed by atoms with Crippen molar-refractivity contribution in [1.29, 1.82) is 0 Å². The molecule has 0 unspecified atom stereocenters. The number of carbonyl (C=O) groups is 3. The molecule has 160 valence electrons. The van der Waals surface area contributed by atoms with Gasteiger partial charge in [-0.05, 0) is 56.5 Å². The molecule has 0 aliphatic carbocycles. The van der Waals surface area contributed by atoms with Gasteiger partial charge >= 0.3 is 5.97 Å². The molecule has 0 atom stereocenters. The van der Waals surface area contributed by atoms with Gasteiger partial charge in [-0.25, -0.2) is 4.79 Å². The highest BCUT2D eigenvalue weighted by atomic mass is 35.5. The van der Waals surface area contributed by atoms with Gasteiger partial charge in [0.25, 0.3) is 11.8 Å². The first-order chi connectivity index (χ1) is 14.4. The highest BCUT2D eigenvalue weighted by Crippen LogP contribution is 2.35. The van der Waals surface area contributed by atoms with Crippen LogP contribution < -0.4 is 10.1 Å². The first-order valence-corrected chi connectivity index (χ1v) is 10.9. The third-order valence-corrected chi connectivity index (χ3v) is 6.10. The number of hydrogen-bond donors (Lipinski definition) is 1. The van der Waals surface area contributed by atoms with Gasteiger partial charge in [0.05, 0.1) is 17.0 Å². The fourth-order valence-corrected chi connectivity index (χ4v) is 4.47. The summed E-state index contributed by atoms with van der Waals surface area (Å²) in [5.41, 5.74) is 0.730. The van der Waals surface area contributed by atoms with Crippen molar-refractivity contribution in [2.24, 2.45) is 0 Å². The quantitative estimate of drug-likeness (QED) is 0.641. The first kappa shape index (κ1) is 22.1. The van der Waals surface area contributed by atoms with Crippen molar-refractivity contribution in [1.82, 2.24) is 4.90 Å². The van der Waals surface area contributed by atoms with E-state index in [4.69, 9.17) is 21.1 Å². The van der Waals surface area contributed by atoms with Gasteiger partial charge in [-0.3, -0.25) is 9.59 Å². The molecule has 2 heterocycles. The number of esters is 1. The van der Waals surface area contributed by atoms with Crippen LogP contribution in [0, 0.1) is 6.92 Å². The number of carbonyl (C=O) groups excluding carboxylic acids is 3. The van der Waals surface area contributed by atoms with Crippen LogP contribution in [0.25, 0.3) is 0 Å². The highest BCUT2D eigenvalue weighted by Gasteiger charge is 2.29. The van der Waals surface area contributed by atoms with Gasteiger partial charge in [0.2, 0.25) is 0 Å². The number of rotatable bonds is 7. The Bertz CT molecular complexity index is 936. The molecule has 30 heavy (non-hydrogen) atoms. The van der Waals surface area contributed by atoms with Crippen molar-refractivity contribution >= 4 is 45.7 Å². The molecular weight excluding hydrogens is 428 g/mol. The zero-order chi connectivity index (χ0) is 21.7. The smallest absolute Gasteiger partial charge is 0.341 e. The molecule has 1 aliphatic heterocycles. The number of amides is 2. The van der Waals surface area contributed by atoms with E-state index in [9.17, 15) is 14.4 Å². The molecule has 1 saturated heterocycles. The van der Waals surface area contributed by atoms with Gasteiger partial charge in [-0.1, -0.05) is 11.6 Å². The second kappa shape index (κ2) is 9.95. The number of ether oxygens (including phenoxy) is 2. The van der Waals surface area contributed by atoms with Crippen LogP contribution in [0.4, 0.5) is 5.00 Å². The third kappa shape index (κ3) is 5.12. The maximum Gasteiger partial charge on any atom is 0.341 e. The van der Waals surface area contributed by atoms with Crippen molar-refractivity contribution < 1.29 is 23.9 Å². The first-order valence-electron chi connectivity index (χ1n) is 9.68. The maximum absolute atomic E-state index is 12.9. The van der Waals surface area contributed by atoms with Gasteiger partial charge in [0, 0.05) is 18.1 Å². The minimum atomic E-state index is -0.569. The van der Waals surface area contributed by atoms with Crippen LogP contribution in [0.2, 0.25) is 5.02 Å². The SMILES string of the molecule is CCOC(=O)c1c(NC(=O)COc2ccc(Cl)cc2)sc(C(=O)N2CCCC2)c1C. The standard InChI is InChI=1S/C21H23ClN2O5S/c1-3-28-21(27)17-13(2)18(20(26)24-10-4-5-11-24)30-19(17)23-16(25)12-29-15-8-6-14(22)7-9-15/h6-9H,3-5,10-12H2,1-2H3,(H,23,25). The predicted octanol–water partition coefficient (Wildman–Crippen LogP) is 4.14. The van der Waals surface area contributed by atoms with Gasteiger partial charge in [0.1, 0.15) is 10.8 Å². The molecule has 2 amide bonds. The van der Waals surface area contributed by atoms with Crippen molar-refractivity contribution in [2.45, 2.75) is 26.7 Å². The molecule has 0 radical (unpaired) electrons. The van der Waals surface area contributed by atoms with Crippen LogP contribution in [0.5, 0.6) is 5.75 Å². The van der Waals surface area contributed by atoms with Gasteiger partial charge in [-0.2, -0.15) is 0 Å². The second-order valence-corrected chi connectivity index (χ2v) is 8.23. The molecule has 0 bridgehead atoms. The maximum atomic E-state index is 12.9. The summed E-state index contributed by atoms with van der Waals surface area (Å²) >= 11 is 6.93. The molecule has 1 fully saturated rings. The number of nitrogens with zero attached hydrogens (tertiary/aromatic N) is 1. The summed E-state index contributed by atoms with van der Waals surface area (Å²) in [4.78, 5) is 40.0. The molecule has 1 N–H and O–H groups in total. The largest absolute Gasteiger partial charge is 0.484 e. The lowest BCUT2D eigenvalue weighted by Crippen LogP contribution is -2.27. The van der Waals surface area contributed by atoms with E-state index in [1.54, 1.807) is 43.0 Å². The Hall–Kier alpha value is -2.58. The molecular formula is C21H23ClN2O5S. The zero-order valence-corrected chi connectivity index (χ0v) is 18.4. The number of thiophene rings is 1. The van der Waals surface area contributed by atoms with E-state index in [2.05, 4.69) is 5.32 Å². The summed E-state index contributed by atoms with van der Waals surface area (Å²) in [6.07, 6.45) is 1.93. The van der Waals surface area contributed by atoms with E-state index in [1.807, 2.05) is 0 Å².